The molecule has 1 atom stereocenters. The van der Waals surface area contributed by atoms with Crippen LogP contribution in [-0.4, -0.2) is 25.5 Å². The first kappa shape index (κ1) is 24.4. The minimum Gasteiger partial charge on any atom is -0.481 e. The molecule has 0 saturated heterocycles. The van der Waals surface area contributed by atoms with E-state index in [-0.39, 0.29) is 0 Å². The van der Waals surface area contributed by atoms with Crippen LogP contribution >= 0.6 is 0 Å². The zero-order chi connectivity index (χ0) is 19.0. The summed E-state index contributed by atoms with van der Waals surface area (Å²) < 4.78 is 6.35. The van der Waals surface area contributed by atoms with Crippen LogP contribution in [0.1, 0.15) is 90.4 Å². The molecular formula is C21H42O3Si. The fourth-order valence-electron chi connectivity index (χ4n) is 2.96. The van der Waals surface area contributed by atoms with Gasteiger partial charge in [0.15, 0.2) is 8.32 Å². The fraction of sp³-hybridized carbons (Fsp3) is 0.857. The van der Waals surface area contributed by atoms with E-state index >= 15 is 0 Å². The third kappa shape index (κ3) is 19.6. The lowest BCUT2D eigenvalue weighted by atomic mass is 10.1. The lowest BCUT2D eigenvalue weighted by molar-refractivity contribution is -0.137. The minimum atomic E-state index is -1.47. The van der Waals surface area contributed by atoms with Crippen LogP contribution in [0.2, 0.25) is 19.6 Å². The second-order valence-corrected chi connectivity index (χ2v) is 12.6. The summed E-state index contributed by atoms with van der Waals surface area (Å²) in [6.45, 7) is 9.09. The Labute approximate surface area is 157 Å². The van der Waals surface area contributed by atoms with Gasteiger partial charge in [0, 0.05) is 12.5 Å². The Bertz CT molecular complexity index is 348. The molecule has 0 aliphatic rings. The standard InChI is InChI=1S/C21H42O3Si/c1-5-6-7-14-17-20(24-25(2,3)4)18-15-12-10-8-9-11-13-16-19-21(22)23/h12,15,20H,5-11,13-14,16-19H2,1-4H3,(H,22,23)/b15-12-/t20-/m1/s1. The smallest absolute Gasteiger partial charge is 0.303 e. The van der Waals surface area contributed by atoms with E-state index in [0.717, 1.165) is 32.1 Å². The third-order valence-electron chi connectivity index (χ3n) is 4.23. The van der Waals surface area contributed by atoms with Crippen LogP contribution in [0.15, 0.2) is 12.2 Å². The number of hydrogen-bond acceptors (Lipinski definition) is 2. The van der Waals surface area contributed by atoms with Crippen LogP contribution in [0.5, 0.6) is 0 Å². The quantitative estimate of drug-likeness (QED) is 0.171. The third-order valence-corrected chi connectivity index (χ3v) is 5.27. The number of rotatable bonds is 17. The van der Waals surface area contributed by atoms with Gasteiger partial charge in [-0.1, -0.05) is 64.0 Å². The van der Waals surface area contributed by atoms with E-state index < -0.39 is 14.3 Å². The average molecular weight is 371 g/mol. The van der Waals surface area contributed by atoms with Crippen molar-refractivity contribution >= 4 is 14.3 Å². The van der Waals surface area contributed by atoms with Crippen LogP contribution in [0.3, 0.4) is 0 Å². The Hall–Kier alpha value is -0.613. The Balaban J connectivity index is 3.82. The van der Waals surface area contributed by atoms with E-state index in [1.54, 1.807) is 0 Å². The van der Waals surface area contributed by atoms with E-state index in [4.69, 9.17) is 9.53 Å². The summed E-state index contributed by atoms with van der Waals surface area (Å²) in [4.78, 5) is 10.4. The molecule has 0 unspecified atom stereocenters. The molecule has 0 aromatic rings. The van der Waals surface area contributed by atoms with Gasteiger partial charge in [0.05, 0.1) is 0 Å². The van der Waals surface area contributed by atoms with Crippen molar-refractivity contribution in [3.8, 4) is 0 Å². The van der Waals surface area contributed by atoms with E-state index in [0.29, 0.717) is 12.5 Å². The first-order chi connectivity index (χ1) is 11.8. The van der Waals surface area contributed by atoms with E-state index in [1.807, 2.05) is 0 Å². The highest BCUT2D eigenvalue weighted by Gasteiger charge is 2.19. The van der Waals surface area contributed by atoms with Gasteiger partial charge in [0.25, 0.3) is 0 Å². The molecule has 0 spiro atoms. The summed E-state index contributed by atoms with van der Waals surface area (Å²) in [6, 6.07) is 0. The van der Waals surface area contributed by atoms with E-state index in [1.165, 1.54) is 44.9 Å². The maximum absolute atomic E-state index is 10.4. The van der Waals surface area contributed by atoms with Crippen molar-refractivity contribution in [1.29, 1.82) is 0 Å². The number of hydrogen-bond donors (Lipinski definition) is 1. The molecule has 0 heterocycles. The molecule has 0 aromatic heterocycles. The van der Waals surface area contributed by atoms with Crippen LogP contribution < -0.4 is 0 Å². The maximum atomic E-state index is 10.4. The Morgan fingerprint density at radius 3 is 2.24 bits per heavy atom. The molecule has 0 saturated carbocycles. The van der Waals surface area contributed by atoms with Crippen molar-refractivity contribution < 1.29 is 14.3 Å². The van der Waals surface area contributed by atoms with Crippen LogP contribution in [0.4, 0.5) is 0 Å². The van der Waals surface area contributed by atoms with Gasteiger partial charge in [-0.2, -0.15) is 0 Å². The van der Waals surface area contributed by atoms with E-state index in [9.17, 15) is 4.79 Å². The molecular weight excluding hydrogens is 328 g/mol. The number of carboxylic acids is 1. The van der Waals surface area contributed by atoms with Crippen molar-refractivity contribution in [3.63, 3.8) is 0 Å². The molecule has 0 aliphatic carbocycles. The first-order valence-corrected chi connectivity index (χ1v) is 13.8. The van der Waals surface area contributed by atoms with E-state index in [2.05, 4.69) is 38.7 Å². The highest BCUT2D eigenvalue weighted by Crippen LogP contribution is 2.17. The molecule has 0 rings (SSSR count). The zero-order valence-electron chi connectivity index (χ0n) is 17.2. The average Bonchev–Trinajstić information content (AvgIpc) is 2.51. The second kappa shape index (κ2) is 15.6. The summed E-state index contributed by atoms with van der Waals surface area (Å²) >= 11 is 0. The fourth-order valence-corrected chi connectivity index (χ4v) is 4.17. The summed E-state index contributed by atoms with van der Waals surface area (Å²) in [5.74, 6) is -0.673. The Kier molecular flexibility index (Phi) is 15.2. The second-order valence-electron chi connectivity index (χ2n) is 8.11. The molecule has 0 aliphatic heterocycles. The van der Waals surface area contributed by atoms with Gasteiger partial charge < -0.3 is 9.53 Å². The molecule has 0 radical (unpaired) electrons. The predicted octanol–water partition coefficient (Wildman–Crippen LogP) is 6.94. The van der Waals surface area contributed by atoms with Crippen LogP contribution in [-0.2, 0) is 9.22 Å². The monoisotopic (exact) mass is 370 g/mol. The number of aliphatic carboxylic acids is 1. The maximum Gasteiger partial charge on any atom is 0.303 e. The van der Waals surface area contributed by atoms with Gasteiger partial charge in [0.1, 0.15) is 0 Å². The molecule has 0 bridgehead atoms. The SMILES string of the molecule is CCCCCC[C@H](C/C=C\CCCCCCCC(=O)O)O[Si](C)(C)C. The van der Waals surface area contributed by atoms with Crippen LogP contribution in [0, 0.1) is 0 Å². The molecule has 148 valence electrons. The number of carboxylic acid groups (broad SMARTS) is 1. The van der Waals surface area contributed by atoms with Gasteiger partial charge in [-0.3, -0.25) is 4.79 Å². The molecule has 0 fully saturated rings. The lowest BCUT2D eigenvalue weighted by Gasteiger charge is -2.25. The van der Waals surface area contributed by atoms with Gasteiger partial charge in [0.2, 0.25) is 0 Å². The predicted molar refractivity (Wildman–Crippen MR) is 111 cm³/mol. The number of unbranched alkanes of at least 4 members (excludes halogenated alkanes) is 8. The largest absolute Gasteiger partial charge is 0.481 e. The van der Waals surface area contributed by atoms with Crippen molar-refractivity contribution in [2.45, 2.75) is 116 Å². The zero-order valence-corrected chi connectivity index (χ0v) is 18.2. The Morgan fingerprint density at radius 2 is 1.60 bits per heavy atom. The molecule has 0 aromatic carbocycles. The summed E-state index contributed by atoms with van der Waals surface area (Å²) in [5, 5.41) is 8.59. The summed E-state index contributed by atoms with van der Waals surface area (Å²) in [7, 11) is -1.47. The highest BCUT2D eigenvalue weighted by molar-refractivity contribution is 6.69. The van der Waals surface area contributed by atoms with Gasteiger partial charge >= 0.3 is 5.97 Å². The van der Waals surface area contributed by atoms with Gasteiger partial charge in [-0.15, -0.1) is 0 Å². The first-order valence-electron chi connectivity index (χ1n) is 10.4. The van der Waals surface area contributed by atoms with Gasteiger partial charge in [-0.25, -0.2) is 0 Å². The highest BCUT2D eigenvalue weighted by atomic mass is 28.4. The molecule has 4 heteroatoms. The topological polar surface area (TPSA) is 46.5 Å². The summed E-state index contributed by atoms with van der Waals surface area (Å²) in [6.07, 6.45) is 19.4. The van der Waals surface area contributed by atoms with Crippen molar-refractivity contribution in [2.24, 2.45) is 0 Å². The number of allylic oxidation sites excluding steroid dienone is 1. The molecule has 1 N–H and O–H groups in total. The molecule has 3 nitrogen and oxygen atoms in total. The summed E-state index contributed by atoms with van der Waals surface area (Å²) in [5.41, 5.74) is 0. The normalized spacial score (nSPS) is 13.4. The molecule has 25 heavy (non-hydrogen) atoms. The Morgan fingerprint density at radius 1 is 0.960 bits per heavy atom. The number of carbonyl (C=O) groups is 1. The minimum absolute atomic E-state index is 0.316. The molecule has 0 amide bonds. The van der Waals surface area contributed by atoms with Crippen molar-refractivity contribution in [3.05, 3.63) is 12.2 Å². The van der Waals surface area contributed by atoms with Crippen molar-refractivity contribution in [1.82, 2.24) is 0 Å². The van der Waals surface area contributed by atoms with Crippen LogP contribution in [0.25, 0.3) is 0 Å². The van der Waals surface area contributed by atoms with Gasteiger partial charge in [-0.05, 0) is 51.7 Å². The lowest BCUT2D eigenvalue weighted by Crippen LogP contribution is -2.31. The van der Waals surface area contributed by atoms with Crippen molar-refractivity contribution in [2.75, 3.05) is 0 Å².